The van der Waals surface area contributed by atoms with Gasteiger partial charge in [-0.1, -0.05) is 18.2 Å². The molecule has 0 fully saturated rings. The molecule has 0 radical (unpaired) electrons. The molecule has 1 aromatic carbocycles. The number of nitrogens with one attached hydrogen (secondary N) is 2. The minimum Gasteiger partial charge on any atom is -0.491 e. The van der Waals surface area contributed by atoms with Gasteiger partial charge in [0.25, 0.3) is 0 Å². The fourth-order valence-corrected chi connectivity index (χ4v) is 1.97. The van der Waals surface area contributed by atoms with Crippen molar-refractivity contribution in [1.82, 2.24) is 25.4 Å². The Balaban J connectivity index is 1.68. The average Bonchev–Trinajstić information content (AvgIpc) is 2.98. The van der Waals surface area contributed by atoms with Gasteiger partial charge in [-0.3, -0.25) is 0 Å². The normalized spacial score (nSPS) is 13.2. The predicted molar refractivity (Wildman–Crippen MR) is 83.9 cm³/mol. The van der Waals surface area contributed by atoms with Crippen molar-refractivity contribution in [2.24, 2.45) is 7.05 Å². The molecule has 2 rings (SSSR count). The second-order valence-corrected chi connectivity index (χ2v) is 5.15. The number of carbonyl (C=O) groups is 1. The van der Waals surface area contributed by atoms with Gasteiger partial charge in [0.2, 0.25) is 0 Å². The molecule has 0 aliphatic carbocycles. The van der Waals surface area contributed by atoms with E-state index in [0.717, 1.165) is 0 Å². The van der Waals surface area contributed by atoms with Crippen molar-refractivity contribution in [3.63, 3.8) is 0 Å². The first-order valence-electron chi connectivity index (χ1n) is 7.30. The zero-order valence-corrected chi connectivity index (χ0v) is 13.1. The van der Waals surface area contributed by atoms with Crippen LogP contribution in [-0.4, -0.2) is 45.2 Å². The number of rotatable bonds is 7. The molecule has 124 valence electrons. The standard InChI is InChI=1S/C15H21N5O3/c1-11(14-19-17-10-20(14)2)18-15(22)16-8-12(21)9-23-13-6-4-3-5-7-13/h3-7,10-12,21H,8-9H2,1-2H3,(H2,16,18,22)/t11-,12+/m0/s1. The van der Waals surface area contributed by atoms with Crippen LogP contribution in [0.5, 0.6) is 5.75 Å². The molecule has 2 aromatic rings. The summed E-state index contributed by atoms with van der Waals surface area (Å²) in [5.41, 5.74) is 0. The molecular formula is C15H21N5O3. The van der Waals surface area contributed by atoms with Gasteiger partial charge in [-0.15, -0.1) is 10.2 Å². The van der Waals surface area contributed by atoms with E-state index in [1.807, 2.05) is 18.2 Å². The number of urea groups is 1. The Morgan fingerprint density at radius 1 is 1.39 bits per heavy atom. The third-order valence-corrected chi connectivity index (χ3v) is 3.17. The highest BCUT2D eigenvalue weighted by Crippen LogP contribution is 2.08. The van der Waals surface area contributed by atoms with E-state index in [1.165, 1.54) is 0 Å². The molecule has 1 aromatic heterocycles. The lowest BCUT2D eigenvalue weighted by Gasteiger charge is -2.16. The molecule has 0 bridgehead atoms. The van der Waals surface area contributed by atoms with E-state index in [2.05, 4.69) is 20.8 Å². The summed E-state index contributed by atoms with van der Waals surface area (Å²) < 4.78 is 7.14. The van der Waals surface area contributed by atoms with Crippen LogP contribution in [0.15, 0.2) is 36.7 Å². The van der Waals surface area contributed by atoms with E-state index in [1.54, 1.807) is 37.0 Å². The summed E-state index contributed by atoms with van der Waals surface area (Å²) in [6, 6.07) is 8.50. The highest BCUT2D eigenvalue weighted by molar-refractivity contribution is 5.74. The van der Waals surface area contributed by atoms with E-state index in [4.69, 9.17) is 4.74 Å². The van der Waals surface area contributed by atoms with Crippen molar-refractivity contribution >= 4 is 6.03 Å². The number of benzene rings is 1. The van der Waals surface area contributed by atoms with Gasteiger partial charge in [-0.25, -0.2) is 4.79 Å². The molecule has 0 aliphatic heterocycles. The number of nitrogens with zero attached hydrogens (tertiary/aromatic N) is 3. The molecule has 23 heavy (non-hydrogen) atoms. The Labute approximate surface area is 134 Å². The van der Waals surface area contributed by atoms with Gasteiger partial charge in [-0.05, 0) is 19.1 Å². The number of aryl methyl sites for hydroxylation is 1. The molecule has 8 heteroatoms. The van der Waals surface area contributed by atoms with Crippen LogP contribution in [0.3, 0.4) is 0 Å². The Morgan fingerprint density at radius 3 is 2.78 bits per heavy atom. The molecule has 1 heterocycles. The van der Waals surface area contributed by atoms with E-state index >= 15 is 0 Å². The lowest BCUT2D eigenvalue weighted by Crippen LogP contribution is -2.42. The number of amides is 2. The van der Waals surface area contributed by atoms with Gasteiger partial charge >= 0.3 is 6.03 Å². The molecule has 3 N–H and O–H groups in total. The summed E-state index contributed by atoms with van der Waals surface area (Å²) in [5, 5.41) is 22.8. The Bertz CT molecular complexity index is 617. The van der Waals surface area contributed by atoms with E-state index in [9.17, 15) is 9.90 Å². The largest absolute Gasteiger partial charge is 0.491 e. The highest BCUT2D eigenvalue weighted by atomic mass is 16.5. The van der Waals surface area contributed by atoms with Crippen molar-refractivity contribution in [2.75, 3.05) is 13.2 Å². The SMILES string of the molecule is C[C@H](NC(=O)NC[C@@H](O)COc1ccccc1)c1nncn1C. The first-order chi connectivity index (χ1) is 11.1. The maximum absolute atomic E-state index is 11.8. The third kappa shape index (κ3) is 5.26. The quantitative estimate of drug-likeness (QED) is 0.694. The fourth-order valence-electron chi connectivity index (χ4n) is 1.97. The summed E-state index contributed by atoms with van der Waals surface area (Å²) in [6.07, 6.45) is 0.766. The lowest BCUT2D eigenvalue weighted by atomic mass is 10.3. The molecule has 2 amide bonds. The molecule has 0 spiro atoms. The molecule has 2 atom stereocenters. The monoisotopic (exact) mass is 319 g/mol. The summed E-state index contributed by atoms with van der Waals surface area (Å²) in [5.74, 6) is 1.32. The molecule has 0 saturated carbocycles. The van der Waals surface area contributed by atoms with Crippen molar-refractivity contribution < 1.29 is 14.6 Å². The zero-order chi connectivity index (χ0) is 16.7. The van der Waals surface area contributed by atoms with Crippen molar-refractivity contribution in [3.05, 3.63) is 42.5 Å². The fraction of sp³-hybridized carbons (Fsp3) is 0.400. The van der Waals surface area contributed by atoms with Gasteiger partial charge in [0.05, 0.1) is 6.04 Å². The Morgan fingerprint density at radius 2 is 2.13 bits per heavy atom. The second-order valence-electron chi connectivity index (χ2n) is 5.15. The van der Waals surface area contributed by atoms with Gasteiger partial charge in [0.15, 0.2) is 5.82 Å². The molecular weight excluding hydrogens is 298 g/mol. The first kappa shape index (κ1) is 16.8. The summed E-state index contributed by atoms with van der Waals surface area (Å²) in [6.45, 7) is 1.99. The van der Waals surface area contributed by atoms with Crippen LogP contribution in [0.25, 0.3) is 0 Å². The van der Waals surface area contributed by atoms with Crippen LogP contribution in [-0.2, 0) is 7.05 Å². The van der Waals surface area contributed by atoms with Crippen LogP contribution < -0.4 is 15.4 Å². The number of aliphatic hydroxyl groups is 1. The van der Waals surface area contributed by atoms with Gasteiger partial charge < -0.3 is 25.0 Å². The summed E-state index contributed by atoms with van der Waals surface area (Å²) in [7, 11) is 1.80. The average molecular weight is 319 g/mol. The number of hydrogen-bond donors (Lipinski definition) is 3. The Hall–Kier alpha value is -2.61. The van der Waals surface area contributed by atoms with Crippen molar-refractivity contribution in [3.8, 4) is 5.75 Å². The lowest BCUT2D eigenvalue weighted by molar-refractivity contribution is 0.107. The minimum atomic E-state index is -0.800. The number of hydrogen-bond acceptors (Lipinski definition) is 5. The molecule has 0 aliphatic rings. The number of aliphatic hydroxyl groups excluding tert-OH is 1. The zero-order valence-electron chi connectivity index (χ0n) is 13.1. The van der Waals surface area contributed by atoms with Crippen LogP contribution in [0.4, 0.5) is 4.79 Å². The third-order valence-electron chi connectivity index (χ3n) is 3.17. The van der Waals surface area contributed by atoms with Gasteiger partial charge in [0, 0.05) is 13.6 Å². The van der Waals surface area contributed by atoms with Crippen molar-refractivity contribution in [2.45, 2.75) is 19.1 Å². The van der Waals surface area contributed by atoms with E-state index in [0.29, 0.717) is 11.6 Å². The maximum Gasteiger partial charge on any atom is 0.315 e. The number of aromatic nitrogens is 3. The molecule has 0 unspecified atom stereocenters. The van der Waals surface area contributed by atoms with E-state index < -0.39 is 6.10 Å². The van der Waals surface area contributed by atoms with Crippen LogP contribution >= 0.6 is 0 Å². The van der Waals surface area contributed by atoms with Gasteiger partial charge in [0.1, 0.15) is 24.8 Å². The summed E-state index contributed by atoms with van der Waals surface area (Å²) in [4.78, 5) is 11.8. The summed E-state index contributed by atoms with van der Waals surface area (Å²) >= 11 is 0. The molecule has 8 nitrogen and oxygen atoms in total. The van der Waals surface area contributed by atoms with Gasteiger partial charge in [-0.2, -0.15) is 0 Å². The first-order valence-corrected chi connectivity index (χ1v) is 7.30. The minimum absolute atomic E-state index is 0.0875. The predicted octanol–water partition coefficient (Wildman–Crippen LogP) is 0.615. The number of ether oxygens (including phenoxy) is 1. The Kier molecular flexibility index (Phi) is 5.93. The molecule has 0 saturated heterocycles. The highest BCUT2D eigenvalue weighted by Gasteiger charge is 2.15. The van der Waals surface area contributed by atoms with Crippen LogP contribution in [0.2, 0.25) is 0 Å². The van der Waals surface area contributed by atoms with Crippen LogP contribution in [0, 0.1) is 0 Å². The smallest absolute Gasteiger partial charge is 0.315 e. The van der Waals surface area contributed by atoms with E-state index in [-0.39, 0.29) is 25.2 Å². The van der Waals surface area contributed by atoms with Crippen LogP contribution in [0.1, 0.15) is 18.8 Å². The maximum atomic E-state index is 11.8. The van der Waals surface area contributed by atoms with Crippen molar-refractivity contribution in [1.29, 1.82) is 0 Å². The number of carbonyl (C=O) groups excluding carboxylic acids is 1. The topological polar surface area (TPSA) is 101 Å². The second kappa shape index (κ2) is 8.14. The number of para-hydroxylation sites is 1.